The highest BCUT2D eigenvalue weighted by atomic mass is 16.5. The molecule has 11 heteroatoms. The van der Waals surface area contributed by atoms with E-state index in [1.165, 1.54) is 13.2 Å². The average molecular weight is 602 g/mol. The summed E-state index contributed by atoms with van der Waals surface area (Å²) in [5, 5.41) is 22.3. The van der Waals surface area contributed by atoms with Crippen LogP contribution in [0, 0.1) is 0 Å². The summed E-state index contributed by atoms with van der Waals surface area (Å²) in [4.78, 5) is 30.0. The van der Waals surface area contributed by atoms with E-state index in [0.717, 1.165) is 37.7 Å². The molecule has 0 radical (unpaired) electrons. The Morgan fingerprint density at radius 3 is 2.41 bits per heavy atom. The number of methoxy groups -OCH3 is 3. The number of nitrogens with one attached hydrogen (secondary N) is 1. The SMILES string of the molecule is COc1ccc(C(C(=O)NC2CCCCC2)N(CCc2ccc(OC)c(OC)c2)C(=O)Cn2nnc3ccccc32)cc1O. The standard InChI is InChI=1S/C33H39N5O6/c1-42-28-16-14-23(20-27(28)39)32(33(41)34-24-9-5-4-6-10-24)37(18-17-22-13-15-29(43-2)30(19-22)44-3)31(40)21-38-26-12-8-7-11-25(26)35-36-38/h7-8,11-16,19-20,24,32,39H,4-6,9-10,17-18,21H2,1-3H3,(H,34,41). The van der Waals surface area contributed by atoms with Crippen LogP contribution in [0.25, 0.3) is 11.0 Å². The van der Waals surface area contributed by atoms with Gasteiger partial charge in [-0.3, -0.25) is 9.59 Å². The lowest BCUT2D eigenvalue weighted by atomic mass is 9.94. The van der Waals surface area contributed by atoms with Crippen molar-refractivity contribution in [1.82, 2.24) is 25.2 Å². The summed E-state index contributed by atoms with van der Waals surface area (Å²) in [6.45, 7) is 0.0816. The van der Waals surface area contributed by atoms with Crippen LogP contribution in [0.1, 0.15) is 49.3 Å². The van der Waals surface area contributed by atoms with Gasteiger partial charge in [-0.15, -0.1) is 5.10 Å². The molecule has 44 heavy (non-hydrogen) atoms. The highest BCUT2D eigenvalue weighted by Gasteiger charge is 2.34. The highest BCUT2D eigenvalue weighted by Crippen LogP contribution is 2.33. The Bertz CT molecular complexity index is 1600. The number of benzene rings is 3. The van der Waals surface area contributed by atoms with Gasteiger partial charge in [0.2, 0.25) is 11.8 Å². The number of aromatic nitrogens is 3. The molecular formula is C33H39N5O6. The fourth-order valence-electron chi connectivity index (χ4n) is 5.81. The van der Waals surface area contributed by atoms with Crippen LogP contribution in [0.15, 0.2) is 60.7 Å². The second-order valence-corrected chi connectivity index (χ2v) is 10.9. The first-order valence-corrected chi connectivity index (χ1v) is 14.9. The minimum absolute atomic E-state index is 0.0210. The van der Waals surface area contributed by atoms with E-state index in [0.29, 0.717) is 34.5 Å². The molecule has 4 aromatic rings. The normalized spacial score (nSPS) is 14.2. The van der Waals surface area contributed by atoms with E-state index in [4.69, 9.17) is 14.2 Å². The number of phenolic OH excluding ortho intramolecular Hbond substituents is 1. The van der Waals surface area contributed by atoms with Gasteiger partial charge in [0.05, 0.1) is 26.8 Å². The van der Waals surface area contributed by atoms with Gasteiger partial charge in [0.25, 0.3) is 0 Å². The van der Waals surface area contributed by atoms with E-state index in [2.05, 4.69) is 15.6 Å². The molecular weight excluding hydrogens is 562 g/mol. The molecule has 2 amide bonds. The van der Waals surface area contributed by atoms with Crippen molar-refractivity contribution in [3.8, 4) is 23.0 Å². The maximum atomic E-state index is 14.2. The van der Waals surface area contributed by atoms with Gasteiger partial charge in [-0.25, -0.2) is 4.68 Å². The molecule has 1 heterocycles. The van der Waals surface area contributed by atoms with Crippen LogP contribution in [-0.4, -0.2) is 70.7 Å². The van der Waals surface area contributed by atoms with Crippen LogP contribution in [0.4, 0.5) is 0 Å². The molecule has 0 bridgehead atoms. The lowest BCUT2D eigenvalue weighted by molar-refractivity contribution is -0.141. The van der Waals surface area contributed by atoms with Crippen molar-refractivity contribution >= 4 is 22.8 Å². The van der Waals surface area contributed by atoms with Crippen LogP contribution in [0.3, 0.4) is 0 Å². The topological polar surface area (TPSA) is 128 Å². The largest absolute Gasteiger partial charge is 0.504 e. The third-order valence-electron chi connectivity index (χ3n) is 8.15. The summed E-state index contributed by atoms with van der Waals surface area (Å²) in [6, 6.07) is 16.8. The Kier molecular flexibility index (Phi) is 9.83. The number of aromatic hydroxyl groups is 1. The number of rotatable bonds is 12. The van der Waals surface area contributed by atoms with Crippen molar-refractivity contribution in [2.24, 2.45) is 0 Å². The lowest BCUT2D eigenvalue weighted by Crippen LogP contribution is -2.48. The number of hydrogen-bond acceptors (Lipinski definition) is 8. The molecule has 0 aliphatic heterocycles. The van der Waals surface area contributed by atoms with Gasteiger partial charge < -0.3 is 29.5 Å². The summed E-state index contributed by atoms with van der Waals surface area (Å²) >= 11 is 0. The maximum absolute atomic E-state index is 14.2. The molecule has 1 atom stereocenters. The first kappa shape index (κ1) is 30.7. The van der Waals surface area contributed by atoms with Crippen molar-refractivity contribution in [2.75, 3.05) is 27.9 Å². The fourth-order valence-corrected chi connectivity index (χ4v) is 5.81. The summed E-state index contributed by atoms with van der Waals surface area (Å²) in [5.41, 5.74) is 2.76. The number of nitrogens with zero attached hydrogens (tertiary/aromatic N) is 4. The summed E-state index contributed by atoms with van der Waals surface area (Å²) < 4.78 is 17.7. The fraction of sp³-hybridized carbons (Fsp3) is 0.394. The van der Waals surface area contributed by atoms with Gasteiger partial charge in [-0.2, -0.15) is 0 Å². The Labute approximate surface area is 256 Å². The van der Waals surface area contributed by atoms with Gasteiger partial charge >= 0.3 is 0 Å². The van der Waals surface area contributed by atoms with E-state index in [1.54, 1.807) is 35.9 Å². The number of para-hydroxylation sites is 1. The zero-order chi connectivity index (χ0) is 31.1. The van der Waals surface area contributed by atoms with Crippen molar-refractivity contribution < 1.29 is 28.9 Å². The van der Waals surface area contributed by atoms with E-state index in [1.807, 2.05) is 42.5 Å². The van der Waals surface area contributed by atoms with E-state index < -0.39 is 6.04 Å². The molecule has 11 nitrogen and oxygen atoms in total. The molecule has 1 unspecified atom stereocenters. The smallest absolute Gasteiger partial charge is 0.247 e. The number of phenols is 1. The van der Waals surface area contributed by atoms with Gasteiger partial charge in [-0.05, 0) is 66.8 Å². The second kappa shape index (κ2) is 14.1. The minimum Gasteiger partial charge on any atom is -0.504 e. The second-order valence-electron chi connectivity index (χ2n) is 10.9. The molecule has 1 aromatic heterocycles. The van der Waals surface area contributed by atoms with Crippen LogP contribution in [0.5, 0.6) is 23.0 Å². The number of hydrogen-bond donors (Lipinski definition) is 2. The third-order valence-corrected chi connectivity index (χ3v) is 8.15. The molecule has 0 spiro atoms. The number of carbonyl (C=O) groups excluding carboxylic acids is 2. The molecule has 1 aliphatic rings. The van der Waals surface area contributed by atoms with Crippen molar-refractivity contribution in [3.63, 3.8) is 0 Å². The van der Waals surface area contributed by atoms with Gasteiger partial charge in [-0.1, -0.05) is 48.7 Å². The first-order valence-electron chi connectivity index (χ1n) is 14.9. The van der Waals surface area contributed by atoms with E-state index >= 15 is 0 Å². The van der Waals surface area contributed by atoms with Gasteiger partial charge in [0.15, 0.2) is 23.0 Å². The van der Waals surface area contributed by atoms with Crippen LogP contribution >= 0.6 is 0 Å². The molecule has 5 rings (SSSR count). The highest BCUT2D eigenvalue weighted by molar-refractivity contribution is 5.89. The summed E-state index contributed by atoms with van der Waals surface area (Å²) in [7, 11) is 4.61. The first-order chi connectivity index (χ1) is 21.4. The van der Waals surface area contributed by atoms with Crippen molar-refractivity contribution in [1.29, 1.82) is 0 Å². The average Bonchev–Trinajstić information content (AvgIpc) is 3.45. The lowest BCUT2D eigenvalue weighted by Gasteiger charge is -2.33. The summed E-state index contributed by atoms with van der Waals surface area (Å²) in [5.74, 6) is 0.711. The Morgan fingerprint density at radius 1 is 0.955 bits per heavy atom. The quantitative estimate of drug-likeness (QED) is 0.244. The van der Waals surface area contributed by atoms with Gasteiger partial charge in [0, 0.05) is 12.6 Å². The minimum atomic E-state index is -1.02. The molecule has 1 aliphatic carbocycles. The zero-order valence-corrected chi connectivity index (χ0v) is 25.4. The van der Waals surface area contributed by atoms with Crippen LogP contribution in [0.2, 0.25) is 0 Å². The molecule has 1 saturated carbocycles. The zero-order valence-electron chi connectivity index (χ0n) is 25.4. The van der Waals surface area contributed by atoms with E-state index in [9.17, 15) is 14.7 Å². The van der Waals surface area contributed by atoms with E-state index in [-0.39, 0.29) is 42.4 Å². The number of ether oxygens (including phenoxy) is 3. The number of fused-ring (bicyclic) bond motifs is 1. The summed E-state index contributed by atoms with van der Waals surface area (Å²) in [6.07, 6.45) is 5.43. The third kappa shape index (κ3) is 6.88. The Hall–Kier alpha value is -4.80. The van der Waals surface area contributed by atoms with Gasteiger partial charge in [0.1, 0.15) is 18.1 Å². The molecule has 2 N–H and O–H groups in total. The monoisotopic (exact) mass is 601 g/mol. The number of amides is 2. The predicted molar refractivity (Wildman–Crippen MR) is 165 cm³/mol. The molecule has 0 saturated heterocycles. The van der Waals surface area contributed by atoms with Crippen molar-refractivity contribution in [3.05, 3.63) is 71.8 Å². The Morgan fingerprint density at radius 2 is 1.68 bits per heavy atom. The number of carbonyl (C=O) groups is 2. The molecule has 1 fully saturated rings. The maximum Gasteiger partial charge on any atom is 0.247 e. The molecule has 3 aromatic carbocycles. The van der Waals surface area contributed by atoms with Crippen LogP contribution in [-0.2, 0) is 22.6 Å². The Balaban J connectivity index is 1.52. The molecule has 232 valence electrons. The van der Waals surface area contributed by atoms with Crippen molar-refractivity contribution in [2.45, 2.75) is 57.2 Å². The predicted octanol–water partition coefficient (Wildman–Crippen LogP) is 4.42. The van der Waals surface area contributed by atoms with Crippen LogP contribution < -0.4 is 19.5 Å².